The first-order valence-electron chi connectivity index (χ1n) is 8.84. The topological polar surface area (TPSA) is 171 Å². The standard InChI is InChI=1S/C16H27N2O9P/c1-5-16(3,27-28(24,25)8(2)19)6-10-11(20)12(21)13(26-10)9-7-18(4)15(23)17-14(9)22/h7-8,10-13,19-21H,5-6H2,1-4H3,(H,24,25)(H,17,22,23)/t8-,10-,11-,12-,13+,16?/m1/s1. The highest BCUT2D eigenvalue weighted by atomic mass is 31.2. The summed E-state index contributed by atoms with van der Waals surface area (Å²) < 4.78 is 24.1. The molecular weight excluding hydrogens is 395 g/mol. The van der Waals surface area contributed by atoms with E-state index in [4.69, 9.17) is 9.26 Å². The van der Waals surface area contributed by atoms with Gasteiger partial charge in [0.1, 0.15) is 18.3 Å². The Labute approximate surface area is 161 Å². The van der Waals surface area contributed by atoms with Gasteiger partial charge in [-0.3, -0.25) is 14.3 Å². The second-order valence-corrected chi connectivity index (χ2v) is 9.38. The van der Waals surface area contributed by atoms with Gasteiger partial charge in [-0.15, -0.1) is 0 Å². The van der Waals surface area contributed by atoms with Gasteiger partial charge in [0.05, 0.1) is 17.3 Å². The number of ether oxygens (including phenoxy) is 1. The average molecular weight is 422 g/mol. The first kappa shape index (κ1) is 23.0. The highest BCUT2D eigenvalue weighted by Gasteiger charge is 2.48. The Morgan fingerprint density at radius 2 is 2.00 bits per heavy atom. The molecule has 1 fully saturated rings. The van der Waals surface area contributed by atoms with E-state index < -0.39 is 54.7 Å². The molecule has 1 aromatic rings. The van der Waals surface area contributed by atoms with Crippen molar-refractivity contribution in [3.63, 3.8) is 0 Å². The van der Waals surface area contributed by atoms with Crippen molar-refractivity contribution in [2.75, 3.05) is 0 Å². The largest absolute Gasteiger partial charge is 0.388 e. The summed E-state index contributed by atoms with van der Waals surface area (Å²) in [6, 6.07) is 0. The zero-order chi connectivity index (χ0) is 21.4. The molecule has 28 heavy (non-hydrogen) atoms. The number of aliphatic hydroxyl groups excluding tert-OH is 3. The third kappa shape index (κ3) is 4.62. The van der Waals surface area contributed by atoms with E-state index in [0.29, 0.717) is 0 Å². The number of rotatable bonds is 7. The van der Waals surface area contributed by atoms with Crippen molar-refractivity contribution < 1.29 is 34.0 Å². The first-order chi connectivity index (χ1) is 12.8. The Balaban J connectivity index is 2.26. The van der Waals surface area contributed by atoms with Crippen LogP contribution in [0.5, 0.6) is 0 Å². The quantitative estimate of drug-likeness (QED) is 0.358. The third-order valence-electron chi connectivity index (χ3n) is 5.01. The van der Waals surface area contributed by atoms with Crippen LogP contribution in [0.25, 0.3) is 0 Å². The van der Waals surface area contributed by atoms with Gasteiger partial charge in [0.2, 0.25) is 0 Å². The summed E-state index contributed by atoms with van der Waals surface area (Å²) in [4.78, 5) is 35.5. The summed E-state index contributed by atoms with van der Waals surface area (Å²) >= 11 is 0. The van der Waals surface area contributed by atoms with E-state index in [9.17, 15) is 34.4 Å². The molecule has 12 heteroatoms. The molecule has 11 nitrogen and oxygen atoms in total. The van der Waals surface area contributed by atoms with Crippen molar-refractivity contribution in [2.24, 2.45) is 7.05 Å². The molecule has 2 rings (SSSR count). The van der Waals surface area contributed by atoms with E-state index in [0.717, 1.165) is 11.5 Å². The summed E-state index contributed by atoms with van der Waals surface area (Å²) in [5, 5.41) is 30.2. The number of aryl methyl sites for hydroxylation is 1. The van der Waals surface area contributed by atoms with Gasteiger partial charge < -0.3 is 34.0 Å². The van der Waals surface area contributed by atoms with Crippen molar-refractivity contribution in [3.8, 4) is 0 Å². The SMILES string of the molecule is CCC(C)(C[C@H]1O[C@@H](c2cn(C)c(=O)[nH]c2=O)[C@H](O)[C@@H]1O)OP(=O)(O)[C@H](C)O. The van der Waals surface area contributed by atoms with Gasteiger partial charge in [-0.25, -0.2) is 4.79 Å². The molecule has 0 saturated carbocycles. The highest BCUT2D eigenvalue weighted by Crippen LogP contribution is 2.52. The van der Waals surface area contributed by atoms with Crippen LogP contribution < -0.4 is 11.2 Å². The molecule has 1 aromatic heterocycles. The molecule has 2 unspecified atom stereocenters. The van der Waals surface area contributed by atoms with Gasteiger partial charge >= 0.3 is 13.3 Å². The molecule has 5 N–H and O–H groups in total. The lowest BCUT2D eigenvalue weighted by atomic mass is 9.92. The Morgan fingerprint density at radius 1 is 1.39 bits per heavy atom. The van der Waals surface area contributed by atoms with Crippen molar-refractivity contribution in [2.45, 2.75) is 69.5 Å². The van der Waals surface area contributed by atoms with Crippen molar-refractivity contribution in [1.82, 2.24) is 9.55 Å². The molecule has 0 amide bonds. The highest BCUT2D eigenvalue weighted by molar-refractivity contribution is 7.53. The van der Waals surface area contributed by atoms with Gasteiger partial charge in [-0.1, -0.05) is 6.92 Å². The molecule has 160 valence electrons. The summed E-state index contributed by atoms with van der Waals surface area (Å²) in [7, 11) is -2.91. The molecule has 1 aliphatic rings. The fourth-order valence-corrected chi connectivity index (χ4v) is 4.01. The van der Waals surface area contributed by atoms with Crippen LogP contribution in [0.3, 0.4) is 0 Å². The molecule has 0 spiro atoms. The van der Waals surface area contributed by atoms with Gasteiger partial charge in [-0.2, -0.15) is 0 Å². The second-order valence-electron chi connectivity index (χ2n) is 7.33. The first-order valence-corrected chi connectivity index (χ1v) is 10.5. The summed E-state index contributed by atoms with van der Waals surface area (Å²) in [5.41, 5.74) is -2.67. The maximum Gasteiger partial charge on any atom is 0.356 e. The predicted octanol–water partition coefficient (Wildman–Crippen LogP) is -0.666. The number of aromatic amines is 1. The number of hydrogen-bond acceptors (Lipinski definition) is 8. The van der Waals surface area contributed by atoms with Crippen molar-refractivity contribution in [3.05, 3.63) is 32.6 Å². The van der Waals surface area contributed by atoms with Crippen molar-refractivity contribution in [1.29, 1.82) is 0 Å². The summed E-state index contributed by atoms with van der Waals surface area (Å²) in [5.74, 6) is -1.60. The Morgan fingerprint density at radius 3 is 2.54 bits per heavy atom. The minimum atomic E-state index is -4.32. The van der Waals surface area contributed by atoms with E-state index in [1.807, 2.05) is 0 Å². The molecule has 2 heterocycles. The zero-order valence-corrected chi connectivity index (χ0v) is 17.0. The van der Waals surface area contributed by atoms with E-state index >= 15 is 0 Å². The summed E-state index contributed by atoms with van der Waals surface area (Å²) in [6.45, 7) is 4.34. The summed E-state index contributed by atoms with van der Waals surface area (Å²) in [6.07, 6.45) is -3.69. The van der Waals surface area contributed by atoms with Crippen LogP contribution in [-0.4, -0.2) is 59.5 Å². The Hall–Kier alpha value is -1.33. The van der Waals surface area contributed by atoms with Crippen LogP contribution in [0, 0.1) is 0 Å². The maximum absolute atomic E-state index is 12.1. The Bertz CT molecular complexity index is 866. The normalized spacial score (nSPS) is 30.6. The number of aromatic nitrogens is 2. The van der Waals surface area contributed by atoms with E-state index in [1.165, 1.54) is 20.2 Å². The van der Waals surface area contributed by atoms with Crippen LogP contribution in [-0.2, 0) is 20.9 Å². The van der Waals surface area contributed by atoms with Gasteiger partial charge in [0.25, 0.3) is 5.56 Å². The predicted molar refractivity (Wildman–Crippen MR) is 97.8 cm³/mol. The zero-order valence-electron chi connectivity index (χ0n) is 16.1. The lowest BCUT2D eigenvalue weighted by Crippen LogP contribution is -2.39. The van der Waals surface area contributed by atoms with Gasteiger partial charge in [0, 0.05) is 19.7 Å². The van der Waals surface area contributed by atoms with Crippen LogP contribution in [0.15, 0.2) is 15.8 Å². The molecule has 0 bridgehead atoms. The number of nitrogens with one attached hydrogen (secondary N) is 1. The van der Waals surface area contributed by atoms with Crippen molar-refractivity contribution >= 4 is 7.60 Å². The fourth-order valence-electron chi connectivity index (χ4n) is 3.02. The van der Waals surface area contributed by atoms with E-state index in [2.05, 4.69) is 4.98 Å². The monoisotopic (exact) mass is 422 g/mol. The van der Waals surface area contributed by atoms with E-state index in [1.54, 1.807) is 6.92 Å². The number of aliphatic hydroxyl groups is 3. The molecule has 1 aliphatic heterocycles. The molecule has 1 saturated heterocycles. The van der Waals surface area contributed by atoms with Crippen LogP contribution in [0.1, 0.15) is 45.3 Å². The van der Waals surface area contributed by atoms with Gasteiger partial charge in [-0.05, 0) is 20.3 Å². The number of hydrogen-bond donors (Lipinski definition) is 5. The molecule has 0 aliphatic carbocycles. The fraction of sp³-hybridized carbons (Fsp3) is 0.750. The van der Waals surface area contributed by atoms with E-state index in [-0.39, 0.29) is 18.4 Å². The van der Waals surface area contributed by atoms with Crippen LogP contribution in [0.2, 0.25) is 0 Å². The van der Waals surface area contributed by atoms with Crippen LogP contribution in [0.4, 0.5) is 0 Å². The molecule has 0 radical (unpaired) electrons. The minimum Gasteiger partial charge on any atom is -0.388 e. The van der Waals surface area contributed by atoms with Crippen LogP contribution >= 0.6 is 7.60 Å². The third-order valence-corrected chi connectivity index (χ3v) is 6.66. The van der Waals surface area contributed by atoms with Gasteiger partial charge in [0.15, 0.2) is 5.85 Å². The molecule has 0 aromatic carbocycles. The lowest BCUT2D eigenvalue weighted by molar-refractivity contribution is -0.0494. The Kier molecular flexibility index (Phi) is 6.72. The number of H-pyrrole nitrogens is 1. The molecular formula is C16H27N2O9P. The smallest absolute Gasteiger partial charge is 0.356 e. The minimum absolute atomic E-state index is 0.0351. The second kappa shape index (κ2) is 8.19. The average Bonchev–Trinajstić information content (AvgIpc) is 2.85. The lowest BCUT2D eigenvalue weighted by Gasteiger charge is -2.34. The maximum atomic E-state index is 12.1. The molecule has 7 atom stereocenters. The number of nitrogens with zero attached hydrogens (tertiary/aromatic N) is 1.